The van der Waals surface area contributed by atoms with Gasteiger partial charge in [-0.2, -0.15) is 0 Å². The minimum Gasteiger partial charge on any atom is -0.393 e. The molecule has 2 atom stereocenters. The zero-order valence-electron chi connectivity index (χ0n) is 9.54. The zero-order chi connectivity index (χ0) is 10.4. The van der Waals surface area contributed by atoms with Crippen LogP contribution in [-0.2, 0) is 4.74 Å². The summed E-state index contributed by atoms with van der Waals surface area (Å²) in [6, 6.07) is 0. The molecule has 1 heterocycles. The number of hydrogen-bond acceptors (Lipinski definition) is 2. The maximum Gasteiger partial charge on any atom is 0.0593 e. The lowest BCUT2D eigenvalue weighted by molar-refractivity contribution is -0.0180. The van der Waals surface area contributed by atoms with Crippen LogP contribution in [-0.4, -0.2) is 24.4 Å². The van der Waals surface area contributed by atoms with Gasteiger partial charge in [0, 0.05) is 12.5 Å². The summed E-state index contributed by atoms with van der Waals surface area (Å²) in [4.78, 5) is 0. The SMILES string of the molecule is CCC(CC)CC(O)C1CCCOC1. The second-order valence-electron chi connectivity index (χ2n) is 4.46. The van der Waals surface area contributed by atoms with Crippen molar-refractivity contribution >= 4 is 0 Å². The summed E-state index contributed by atoms with van der Waals surface area (Å²) >= 11 is 0. The van der Waals surface area contributed by atoms with Crippen molar-refractivity contribution in [2.45, 2.75) is 52.1 Å². The van der Waals surface area contributed by atoms with Crippen molar-refractivity contribution in [3.63, 3.8) is 0 Å². The number of aliphatic hydroxyl groups is 1. The molecule has 0 aliphatic carbocycles. The van der Waals surface area contributed by atoms with Gasteiger partial charge in [-0.15, -0.1) is 0 Å². The molecule has 0 aromatic rings. The van der Waals surface area contributed by atoms with Crippen LogP contribution in [0.3, 0.4) is 0 Å². The highest BCUT2D eigenvalue weighted by Crippen LogP contribution is 2.24. The van der Waals surface area contributed by atoms with Gasteiger partial charge < -0.3 is 9.84 Å². The maximum atomic E-state index is 10.0. The average molecular weight is 200 g/mol. The van der Waals surface area contributed by atoms with E-state index in [1.54, 1.807) is 0 Å². The summed E-state index contributed by atoms with van der Waals surface area (Å²) in [5.74, 6) is 1.08. The quantitative estimate of drug-likeness (QED) is 0.739. The first-order chi connectivity index (χ1) is 6.77. The van der Waals surface area contributed by atoms with Crippen molar-refractivity contribution in [3.05, 3.63) is 0 Å². The molecule has 1 rings (SSSR count). The third-order valence-electron chi connectivity index (χ3n) is 3.47. The van der Waals surface area contributed by atoms with Crippen molar-refractivity contribution in [2.24, 2.45) is 11.8 Å². The second-order valence-corrected chi connectivity index (χ2v) is 4.46. The molecule has 2 unspecified atom stereocenters. The molecule has 0 saturated carbocycles. The highest BCUT2D eigenvalue weighted by Gasteiger charge is 2.23. The van der Waals surface area contributed by atoms with Gasteiger partial charge in [-0.3, -0.25) is 0 Å². The van der Waals surface area contributed by atoms with Gasteiger partial charge in [-0.25, -0.2) is 0 Å². The van der Waals surface area contributed by atoms with Gasteiger partial charge in [0.1, 0.15) is 0 Å². The van der Waals surface area contributed by atoms with Crippen molar-refractivity contribution in [1.82, 2.24) is 0 Å². The fourth-order valence-corrected chi connectivity index (χ4v) is 2.23. The van der Waals surface area contributed by atoms with Gasteiger partial charge in [0.2, 0.25) is 0 Å². The lowest BCUT2D eigenvalue weighted by atomic mass is 9.87. The first-order valence-corrected chi connectivity index (χ1v) is 6.03. The Balaban J connectivity index is 2.27. The predicted molar refractivity (Wildman–Crippen MR) is 58.2 cm³/mol. The van der Waals surface area contributed by atoms with Gasteiger partial charge >= 0.3 is 0 Å². The first kappa shape index (κ1) is 12.0. The molecular weight excluding hydrogens is 176 g/mol. The summed E-state index contributed by atoms with van der Waals surface area (Å²) in [6.45, 7) is 6.06. The number of rotatable bonds is 5. The molecule has 14 heavy (non-hydrogen) atoms. The van der Waals surface area contributed by atoms with E-state index in [1.807, 2.05) is 0 Å². The molecule has 2 heteroatoms. The molecule has 0 amide bonds. The van der Waals surface area contributed by atoms with Crippen LogP contribution in [0, 0.1) is 11.8 Å². The highest BCUT2D eigenvalue weighted by molar-refractivity contribution is 4.74. The summed E-state index contributed by atoms with van der Waals surface area (Å²) in [5, 5.41) is 10.0. The fourth-order valence-electron chi connectivity index (χ4n) is 2.23. The molecule has 1 fully saturated rings. The third kappa shape index (κ3) is 3.58. The van der Waals surface area contributed by atoms with Crippen LogP contribution < -0.4 is 0 Å². The maximum absolute atomic E-state index is 10.0. The van der Waals surface area contributed by atoms with E-state index >= 15 is 0 Å². The van der Waals surface area contributed by atoms with Gasteiger partial charge in [-0.05, 0) is 25.2 Å². The average Bonchev–Trinajstić information content (AvgIpc) is 2.26. The van der Waals surface area contributed by atoms with Gasteiger partial charge in [0.15, 0.2) is 0 Å². The Bertz CT molecular complexity index is 137. The standard InChI is InChI=1S/C12H24O2/c1-3-10(4-2)8-12(13)11-6-5-7-14-9-11/h10-13H,3-9H2,1-2H3. The molecule has 1 aliphatic rings. The van der Waals surface area contributed by atoms with Crippen LogP contribution in [0.4, 0.5) is 0 Å². The highest BCUT2D eigenvalue weighted by atomic mass is 16.5. The molecule has 0 spiro atoms. The fraction of sp³-hybridized carbons (Fsp3) is 1.00. The molecule has 0 radical (unpaired) electrons. The van der Waals surface area contributed by atoms with E-state index in [9.17, 15) is 5.11 Å². The molecule has 0 aromatic heterocycles. The zero-order valence-corrected chi connectivity index (χ0v) is 9.54. The Morgan fingerprint density at radius 3 is 2.57 bits per heavy atom. The van der Waals surface area contributed by atoms with Crippen molar-refractivity contribution in [1.29, 1.82) is 0 Å². The van der Waals surface area contributed by atoms with Crippen LogP contribution >= 0.6 is 0 Å². The Kier molecular flexibility index (Phi) is 5.49. The largest absolute Gasteiger partial charge is 0.393 e. The number of ether oxygens (including phenoxy) is 1. The van der Waals surface area contributed by atoms with Crippen LogP contribution in [0.2, 0.25) is 0 Å². The van der Waals surface area contributed by atoms with E-state index in [2.05, 4.69) is 13.8 Å². The molecule has 2 nitrogen and oxygen atoms in total. The second kappa shape index (κ2) is 6.41. The topological polar surface area (TPSA) is 29.5 Å². The van der Waals surface area contributed by atoms with Gasteiger partial charge in [-0.1, -0.05) is 26.7 Å². The molecule has 1 N–H and O–H groups in total. The summed E-state index contributed by atoms with van der Waals surface area (Å²) < 4.78 is 5.39. The van der Waals surface area contributed by atoms with Crippen LogP contribution in [0.1, 0.15) is 46.0 Å². The van der Waals surface area contributed by atoms with Gasteiger partial charge in [0.25, 0.3) is 0 Å². The molecule has 84 valence electrons. The van der Waals surface area contributed by atoms with Crippen LogP contribution in [0.25, 0.3) is 0 Å². The third-order valence-corrected chi connectivity index (χ3v) is 3.47. The lowest BCUT2D eigenvalue weighted by Gasteiger charge is -2.28. The number of hydrogen-bond donors (Lipinski definition) is 1. The number of aliphatic hydroxyl groups excluding tert-OH is 1. The van der Waals surface area contributed by atoms with Crippen molar-refractivity contribution < 1.29 is 9.84 Å². The van der Waals surface area contributed by atoms with E-state index in [1.165, 1.54) is 12.8 Å². The van der Waals surface area contributed by atoms with Crippen molar-refractivity contribution in [2.75, 3.05) is 13.2 Å². The van der Waals surface area contributed by atoms with E-state index in [4.69, 9.17) is 4.74 Å². The molecule has 0 bridgehead atoms. The summed E-state index contributed by atoms with van der Waals surface area (Å²) in [7, 11) is 0. The smallest absolute Gasteiger partial charge is 0.0593 e. The molecule has 0 aromatic carbocycles. The lowest BCUT2D eigenvalue weighted by Crippen LogP contribution is -2.30. The van der Waals surface area contributed by atoms with E-state index in [-0.39, 0.29) is 6.10 Å². The van der Waals surface area contributed by atoms with Crippen LogP contribution in [0.5, 0.6) is 0 Å². The monoisotopic (exact) mass is 200 g/mol. The molecule has 1 saturated heterocycles. The van der Waals surface area contributed by atoms with Crippen LogP contribution in [0.15, 0.2) is 0 Å². The summed E-state index contributed by atoms with van der Waals surface area (Å²) in [6.07, 6.45) is 5.44. The minimum absolute atomic E-state index is 0.139. The Morgan fingerprint density at radius 2 is 2.07 bits per heavy atom. The molecule has 1 aliphatic heterocycles. The normalized spacial score (nSPS) is 25.3. The summed E-state index contributed by atoms with van der Waals surface area (Å²) in [5.41, 5.74) is 0. The van der Waals surface area contributed by atoms with Crippen molar-refractivity contribution in [3.8, 4) is 0 Å². The van der Waals surface area contributed by atoms with E-state index in [0.717, 1.165) is 32.5 Å². The Hall–Kier alpha value is -0.0800. The molecular formula is C12H24O2. The van der Waals surface area contributed by atoms with E-state index < -0.39 is 0 Å². The Morgan fingerprint density at radius 1 is 1.36 bits per heavy atom. The van der Waals surface area contributed by atoms with E-state index in [0.29, 0.717) is 11.8 Å². The minimum atomic E-state index is -0.139. The predicted octanol–water partition coefficient (Wildman–Crippen LogP) is 2.60. The van der Waals surface area contributed by atoms with Gasteiger partial charge in [0.05, 0.1) is 12.7 Å². The Labute approximate surface area is 87.7 Å². The first-order valence-electron chi connectivity index (χ1n) is 6.03.